The predicted molar refractivity (Wildman–Crippen MR) is 68.6 cm³/mol. The normalized spacial score (nSPS) is 10.1. The van der Waals surface area contributed by atoms with Crippen LogP contribution in [0.3, 0.4) is 0 Å². The van der Waals surface area contributed by atoms with Crippen LogP contribution in [-0.2, 0) is 6.54 Å². The Morgan fingerprint density at radius 2 is 1.83 bits per heavy atom. The first-order valence-electron chi connectivity index (χ1n) is 5.72. The molecule has 0 radical (unpaired) electrons. The third-order valence-corrected chi connectivity index (χ3v) is 2.68. The summed E-state index contributed by atoms with van der Waals surface area (Å²) in [5, 5.41) is 0. The molecule has 2 aromatic carbocycles. The van der Waals surface area contributed by atoms with Crippen molar-refractivity contribution < 1.29 is 9.18 Å². The average Bonchev–Trinajstić information content (AvgIpc) is 2.39. The van der Waals surface area contributed by atoms with E-state index in [2.05, 4.69) is 0 Å². The van der Waals surface area contributed by atoms with E-state index in [-0.39, 0.29) is 5.91 Å². The van der Waals surface area contributed by atoms with Crippen molar-refractivity contribution in [2.75, 3.05) is 7.05 Å². The average molecular weight is 243 g/mol. The van der Waals surface area contributed by atoms with Gasteiger partial charge in [-0.15, -0.1) is 0 Å². The van der Waals surface area contributed by atoms with E-state index in [1.165, 1.54) is 12.1 Å². The maximum atomic E-state index is 13.0. The van der Waals surface area contributed by atoms with Crippen LogP contribution >= 0.6 is 0 Å². The van der Waals surface area contributed by atoms with Gasteiger partial charge in [0.15, 0.2) is 0 Å². The molecule has 0 aliphatic heterocycles. The number of benzene rings is 2. The molecule has 0 bridgehead atoms. The predicted octanol–water partition coefficient (Wildman–Crippen LogP) is 3.10. The molecule has 2 rings (SSSR count). The summed E-state index contributed by atoms with van der Waals surface area (Å²) in [6.07, 6.45) is 0. The minimum atomic E-state index is -0.394. The van der Waals surface area contributed by atoms with E-state index in [0.717, 1.165) is 5.56 Å². The fraction of sp³-hybridized carbons (Fsp3) is 0.133. The number of hydrogen-bond donors (Lipinski definition) is 0. The van der Waals surface area contributed by atoms with Crippen molar-refractivity contribution in [3.63, 3.8) is 0 Å². The Labute approximate surface area is 106 Å². The van der Waals surface area contributed by atoms with Gasteiger partial charge in [-0.05, 0) is 23.8 Å². The summed E-state index contributed by atoms with van der Waals surface area (Å²) >= 11 is 0. The minimum absolute atomic E-state index is 0.182. The fourth-order valence-corrected chi connectivity index (χ4v) is 1.77. The van der Waals surface area contributed by atoms with Gasteiger partial charge in [0, 0.05) is 19.2 Å². The van der Waals surface area contributed by atoms with Gasteiger partial charge in [-0.2, -0.15) is 0 Å². The summed E-state index contributed by atoms with van der Waals surface area (Å²) in [6.45, 7) is 0.510. The smallest absolute Gasteiger partial charge is 0.253 e. The zero-order valence-corrected chi connectivity index (χ0v) is 10.1. The molecule has 0 aromatic heterocycles. The zero-order chi connectivity index (χ0) is 13.0. The molecule has 18 heavy (non-hydrogen) atoms. The van der Waals surface area contributed by atoms with Gasteiger partial charge in [-0.3, -0.25) is 4.79 Å². The molecule has 0 spiro atoms. The summed E-state index contributed by atoms with van der Waals surface area (Å²) in [6, 6.07) is 15.4. The molecule has 0 unspecified atom stereocenters. The molecule has 2 aromatic rings. The highest BCUT2D eigenvalue weighted by Crippen LogP contribution is 2.09. The third kappa shape index (κ3) is 2.94. The Morgan fingerprint density at radius 1 is 1.11 bits per heavy atom. The van der Waals surface area contributed by atoms with Crippen molar-refractivity contribution >= 4 is 5.91 Å². The van der Waals surface area contributed by atoms with Gasteiger partial charge in [0.25, 0.3) is 5.91 Å². The first-order valence-corrected chi connectivity index (χ1v) is 5.72. The van der Waals surface area contributed by atoms with E-state index in [0.29, 0.717) is 12.1 Å². The molecule has 3 heteroatoms. The highest BCUT2D eigenvalue weighted by Gasteiger charge is 2.12. The number of carbonyl (C=O) groups is 1. The molecule has 1 amide bonds. The van der Waals surface area contributed by atoms with Crippen molar-refractivity contribution in [3.8, 4) is 0 Å². The van der Waals surface area contributed by atoms with E-state index in [1.807, 2.05) is 30.3 Å². The van der Waals surface area contributed by atoms with Crippen LogP contribution in [0, 0.1) is 5.82 Å². The monoisotopic (exact) mass is 243 g/mol. The topological polar surface area (TPSA) is 20.3 Å². The van der Waals surface area contributed by atoms with Gasteiger partial charge in [0.1, 0.15) is 5.82 Å². The summed E-state index contributed by atoms with van der Waals surface area (Å²) in [5.41, 5.74) is 1.41. The number of hydrogen-bond acceptors (Lipinski definition) is 1. The van der Waals surface area contributed by atoms with Crippen LogP contribution in [0.5, 0.6) is 0 Å². The molecule has 0 saturated heterocycles. The van der Waals surface area contributed by atoms with Gasteiger partial charge < -0.3 is 4.90 Å². The highest BCUT2D eigenvalue weighted by molar-refractivity contribution is 5.93. The first-order chi connectivity index (χ1) is 8.66. The second kappa shape index (κ2) is 5.45. The Bertz CT molecular complexity index is 539. The van der Waals surface area contributed by atoms with Crippen molar-refractivity contribution in [2.45, 2.75) is 6.54 Å². The second-order valence-corrected chi connectivity index (χ2v) is 4.16. The van der Waals surface area contributed by atoms with Gasteiger partial charge in [0.05, 0.1) is 0 Å². The molecule has 2 nitrogen and oxygen atoms in total. The van der Waals surface area contributed by atoms with Crippen LogP contribution in [0.15, 0.2) is 54.6 Å². The van der Waals surface area contributed by atoms with E-state index >= 15 is 0 Å². The lowest BCUT2D eigenvalue weighted by atomic mass is 10.1. The Morgan fingerprint density at radius 3 is 2.50 bits per heavy atom. The van der Waals surface area contributed by atoms with Gasteiger partial charge in [-0.25, -0.2) is 4.39 Å². The van der Waals surface area contributed by atoms with Crippen molar-refractivity contribution in [2.24, 2.45) is 0 Å². The summed E-state index contributed by atoms with van der Waals surface area (Å²) in [5.74, 6) is -0.577. The van der Waals surface area contributed by atoms with Crippen LogP contribution < -0.4 is 0 Å². The largest absolute Gasteiger partial charge is 0.337 e. The maximum absolute atomic E-state index is 13.0. The van der Waals surface area contributed by atoms with Gasteiger partial charge in [-0.1, -0.05) is 36.4 Å². The molecular formula is C15H14FNO. The van der Waals surface area contributed by atoms with Crippen LogP contribution in [0.25, 0.3) is 0 Å². The van der Waals surface area contributed by atoms with E-state index in [4.69, 9.17) is 0 Å². The van der Waals surface area contributed by atoms with E-state index in [9.17, 15) is 9.18 Å². The zero-order valence-electron chi connectivity index (χ0n) is 10.1. The van der Waals surface area contributed by atoms with Crippen LogP contribution in [0.2, 0.25) is 0 Å². The Hall–Kier alpha value is -2.16. The molecular weight excluding hydrogens is 229 g/mol. The van der Waals surface area contributed by atoms with Gasteiger partial charge >= 0.3 is 0 Å². The highest BCUT2D eigenvalue weighted by atomic mass is 19.1. The number of rotatable bonds is 3. The van der Waals surface area contributed by atoms with E-state index in [1.54, 1.807) is 24.1 Å². The summed E-state index contributed by atoms with van der Waals surface area (Å²) < 4.78 is 13.0. The number of nitrogens with zero attached hydrogens (tertiary/aromatic N) is 1. The van der Waals surface area contributed by atoms with Crippen molar-refractivity contribution in [3.05, 3.63) is 71.5 Å². The first kappa shape index (κ1) is 12.3. The fourth-order valence-electron chi connectivity index (χ4n) is 1.77. The van der Waals surface area contributed by atoms with Crippen molar-refractivity contribution in [1.29, 1.82) is 0 Å². The summed E-state index contributed by atoms with van der Waals surface area (Å²) in [4.78, 5) is 13.6. The van der Waals surface area contributed by atoms with Crippen LogP contribution in [0.4, 0.5) is 4.39 Å². The molecule has 0 heterocycles. The Kier molecular flexibility index (Phi) is 3.72. The van der Waals surface area contributed by atoms with Crippen molar-refractivity contribution in [1.82, 2.24) is 4.90 Å². The summed E-state index contributed by atoms with van der Waals surface area (Å²) in [7, 11) is 1.71. The quantitative estimate of drug-likeness (QED) is 0.811. The molecule has 0 aliphatic carbocycles. The van der Waals surface area contributed by atoms with Crippen LogP contribution in [-0.4, -0.2) is 17.9 Å². The Balaban J connectivity index is 2.10. The SMILES string of the molecule is CN(Cc1ccccc1)C(=O)c1cccc(F)c1. The minimum Gasteiger partial charge on any atom is -0.337 e. The van der Waals surface area contributed by atoms with Gasteiger partial charge in [0.2, 0.25) is 0 Å². The lowest BCUT2D eigenvalue weighted by molar-refractivity contribution is 0.0784. The lowest BCUT2D eigenvalue weighted by Gasteiger charge is -2.17. The molecule has 0 fully saturated rings. The molecule has 0 saturated carbocycles. The molecule has 0 N–H and O–H groups in total. The molecule has 0 atom stereocenters. The lowest BCUT2D eigenvalue weighted by Crippen LogP contribution is -2.26. The van der Waals surface area contributed by atoms with Crippen LogP contribution in [0.1, 0.15) is 15.9 Å². The number of carbonyl (C=O) groups excluding carboxylic acids is 1. The molecule has 92 valence electrons. The second-order valence-electron chi connectivity index (χ2n) is 4.16. The third-order valence-electron chi connectivity index (χ3n) is 2.68. The number of amides is 1. The van der Waals surface area contributed by atoms with E-state index < -0.39 is 5.82 Å². The molecule has 0 aliphatic rings. The number of halogens is 1. The standard InChI is InChI=1S/C15H14FNO/c1-17(11-12-6-3-2-4-7-12)15(18)13-8-5-9-14(16)10-13/h2-10H,11H2,1H3. The maximum Gasteiger partial charge on any atom is 0.253 e.